The normalized spacial score (nSPS) is 13.4. The first kappa shape index (κ1) is 38.9. The number of nitrogens with one attached hydrogen (secondary N) is 1. The molecule has 0 aromatic carbocycles. The predicted octanol–water partition coefficient (Wildman–Crippen LogP) is 10.1. The van der Waals surface area contributed by atoms with Gasteiger partial charge < -0.3 is 15.5 Å². The topological polar surface area (TPSA) is 69.6 Å². The average molecular weight is 564 g/mol. The summed E-state index contributed by atoms with van der Waals surface area (Å²) < 4.78 is 0. The van der Waals surface area contributed by atoms with Gasteiger partial charge in [0.15, 0.2) is 0 Å². The lowest BCUT2D eigenvalue weighted by Crippen LogP contribution is -2.45. The standard InChI is InChI=1S/C36H69NO3/c1-3-5-7-9-11-13-15-17-18-20-22-24-26-28-30-32-36(40)37-34(33-38)35(39)31-29-27-25-23-21-19-16-14-12-10-8-6-4-2/h8,10,29,31,34-35,38-39H,3-7,9,11-28,30,32-33H2,1-2H3,(H,37,40)/b10-8-,31-29+/t34-,35+/m0/s1. The molecule has 0 aromatic heterocycles. The number of hydrogen-bond donors (Lipinski definition) is 3. The van der Waals surface area contributed by atoms with Gasteiger partial charge in [-0.25, -0.2) is 0 Å². The Morgan fingerprint density at radius 3 is 1.48 bits per heavy atom. The van der Waals surface area contributed by atoms with Gasteiger partial charge in [0.25, 0.3) is 0 Å². The van der Waals surface area contributed by atoms with Gasteiger partial charge >= 0.3 is 0 Å². The predicted molar refractivity (Wildman–Crippen MR) is 175 cm³/mol. The highest BCUT2D eigenvalue weighted by Crippen LogP contribution is 2.14. The Morgan fingerprint density at radius 2 is 1.00 bits per heavy atom. The summed E-state index contributed by atoms with van der Waals surface area (Å²) in [5, 5.41) is 22.8. The van der Waals surface area contributed by atoms with Gasteiger partial charge in [-0.3, -0.25) is 4.79 Å². The molecule has 0 heterocycles. The Bertz CT molecular complexity index is 574. The fraction of sp³-hybridized carbons (Fsp3) is 0.861. The average Bonchev–Trinajstić information content (AvgIpc) is 2.96. The molecule has 0 fully saturated rings. The maximum atomic E-state index is 12.3. The molecule has 0 bridgehead atoms. The summed E-state index contributed by atoms with van der Waals surface area (Å²) in [4.78, 5) is 12.3. The van der Waals surface area contributed by atoms with Crippen LogP contribution in [0.2, 0.25) is 0 Å². The first-order valence-electron chi connectivity index (χ1n) is 17.6. The van der Waals surface area contributed by atoms with Crippen molar-refractivity contribution in [3.63, 3.8) is 0 Å². The van der Waals surface area contributed by atoms with E-state index in [0.717, 1.165) is 25.7 Å². The van der Waals surface area contributed by atoms with E-state index < -0.39 is 12.1 Å². The molecule has 236 valence electrons. The van der Waals surface area contributed by atoms with E-state index in [2.05, 4.69) is 31.3 Å². The second-order valence-electron chi connectivity index (χ2n) is 11.9. The molecule has 2 atom stereocenters. The van der Waals surface area contributed by atoms with Gasteiger partial charge in [-0.15, -0.1) is 0 Å². The number of hydrogen-bond acceptors (Lipinski definition) is 3. The fourth-order valence-electron chi connectivity index (χ4n) is 5.18. The summed E-state index contributed by atoms with van der Waals surface area (Å²) in [6.45, 7) is 4.24. The molecule has 3 N–H and O–H groups in total. The smallest absolute Gasteiger partial charge is 0.220 e. The zero-order chi connectivity index (χ0) is 29.4. The van der Waals surface area contributed by atoms with E-state index in [1.807, 2.05) is 6.08 Å². The number of rotatable bonds is 31. The third-order valence-corrected chi connectivity index (χ3v) is 7.91. The molecule has 4 heteroatoms. The molecule has 0 radical (unpaired) electrons. The van der Waals surface area contributed by atoms with Crippen molar-refractivity contribution in [1.82, 2.24) is 5.32 Å². The summed E-state index contributed by atoms with van der Waals surface area (Å²) in [5.41, 5.74) is 0. The summed E-state index contributed by atoms with van der Waals surface area (Å²) in [7, 11) is 0. The third-order valence-electron chi connectivity index (χ3n) is 7.91. The van der Waals surface area contributed by atoms with Crippen LogP contribution in [0.25, 0.3) is 0 Å². The Labute approximate surface area is 249 Å². The Kier molecular flexibility index (Phi) is 31.5. The molecule has 0 spiro atoms. The largest absolute Gasteiger partial charge is 0.394 e. The van der Waals surface area contributed by atoms with Gasteiger partial charge in [0.2, 0.25) is 5.91 Å². The van der Waals surface area contributed by atoms with Crippen LogP contribution in [0, 0.1) is 0 Å². The van der Waals surface area contributed by atoms with Crippen LogP contribution in [-0.4, -0.2) is 34.9 Å². The molecule has 0 saturated carbocycles. The molecule has 0 saturated heterocycles. The maximum Gasteiger partial charge on any atom is 0.220 e. The Hall–Kier alpha value is -1.13. The fourth-order valence-corrected chi connectivity index (χ4v) is 5.18. The minimum absolute atomic E-state index is 0.0675. The van der Waals surface area contributed by atoms with E-state index in [1.165, 1.54) is 135 Å². The van der Waals surface area contributed by atoms with Crippen LogP contribution >= 0.6 is 0 Å². The highest BCUT2D eigenvalue weighted by molar-refractivity contribution is 5.76. The van der Waals surface area contributed by atoms with Crippen molar-refractivity contribution in [1.29, 1.82) is 0 Å². The zero-order valence-corrected chi connectivity index (χ0v) is 26.9. The lowest BCUT2D eigenvalue weighted by atomic mass is 10.0. The number of allylic oxidation sites excluding steroid dienone is 3. The summed E-state index contributed by atoms with van der Waals surface area (Å²) in [6.07, 6.45) is 39.7. The van der Waals surface area contributed by atoms with Crippen molar-refractivity contribution in [3.05, 3.63) is 24.3 Å². The van der Waals surface area contributed by atoms with E-state index >= 15 is 0 Å². The van der Waals surface area contributed by atoms with Crippen molar-refractivity contribution in [3.8, 4) is 0 Å². The molecular formula is C36H69NO3. The van der Waals surface area contributed by atoms with Crippen LogP contribution in [0.15, 0.2) is 24.3 Å². The van der Waals surface area contributed by atoms with Crippen molar-refractivity contribution in [2.45, 2.75) is 193 Å². The number of carbonyl (C=O) groups is 1. The van der Waals surface area contributed by atoms with E-state index in [4.69, 9.17) is 0 Å². The first-order chi connectivity index (χ1) is 19.7. The maximum absolute atomic E-state index is 12.3. The van der Waals surface area contributed by atoms with Gasteiger partial charge in [-0.05, 0) is 38.5 Å². The second-order valence-corrected chi connectivity index (χ2v) is 11.9. The van der Waals surface area contributed by atoms with Gasteiger partial charge in [-0.1, -0.05) is 160 Å². The number of unbranched alkanes of at least 4 members (excludes halogenated alkanes) is 22. The van der Waals surface area contributed by atoms with E-state index in [-0.39, 0.29) is 12.5 Å². The monoisotopic (exact) mass is 564 g/mol. The number of aliphatic hydroxyl groups is 2. The van der Waals surface area contributed by atoms with Crippen LogP contribution in [0.3, 0.4) is 0 Å². The Balaban J connectivity index is 3.62. The lowest BCUT2D eigenvalue weighted by Gasteiger charge is -2.20. The summed E-state index contributed by atoms with van der Waals surface area (Å²) in [6, 6.07) is -0.619. The summed E-state index contributed by atoms with van der Waals surface area (Å²) >= 11 is 0. The van der Waals surface area contributed by atoms with Crippen molar-refractivity contribution in [2.75, 3.05) is 6.61 Å². The lowest BCUT2D eigenvalue weighted by molar-refractivity contribution is -0.123. The van der Waals surface area contributed by atoms with Gasteiger partial charge in [0.1, 0.15) is 0 Å². The quantitative estimate of drug-likeness (QED) is 0.0580. The van der Waals surface area contributed by atoms with Gasteiger partial charge in [-0.2, -0.15) is 0 Å². The van der Waals surface area contributed by atoms with E-state index in [9.17, 15) is 15.0 Å². The molecule has 0 aliphatic rings. The molecule has 0 aliphatic heterocycles. The van der Waals surface area contributed by atoms with Crippen LogP contribution in [0.4, 0.5) is 0 Å². The molecular weight excluding hydrogens is 494 g/mol. The van der Waals surface area contributed by atoms with Gasteiger partial charge in [0, 0.05) is 6.42 Å². The van der Waals surface area contributed by atoms with Crippen molar-refractivity contribution < 1.29 is 15.0 Å². The molecule has 0 aromatic rings. The number of aliphatic hydroxyl groups excluding tert-OH is 2. The minimum Gasteiger partial charge on any atom is -0.394 e. The van der Waals surface area contributed by atoms with Gasteiger partial charge in [0.05, 0.1) is 18.8 Å². The SMILES string of the molecule is CCC/C=C\CCCCCCCC/C=C/[C@@H](O)[C@H](CO)NC(=O)CCCCCCCCCCCCCCCCC. The van der Waals surface area contributed by atoms with E-state index in [0.29, 0.717) is 6.42 Å². The highest BCUT2D eigenvalue weighted by atomic mass is 16.3. The molecule has 0 aliphatic carbocycles. The van der Waals surface area contributed by atoms with Crippen LogP contribution in [0.5, 0.6) is 0 Å². The van der Waals surface area contributed by atoms with Crippen molar-refractivity contribution in [2.24, 2.45) is 0 Å². The number of carbonyl (C=O) groups excluding carboxylic acids is 1. The zero-order valence-electron chi connectivity index (χ0n) is 26.9. The molecule has 40 heavy (non-hydrogen) atoms. The number of amides is 1. The minimum atomic E-state index is -0.837. The van der Waals surface area contributed by atoms with Crippen LogP contribution in [-0.2, 0) is 4.79 Å². The summed E-state index contributed by atoms with van der Waals surface area (Å²) in [5.74, 6) is -0.0675. The molecule has 0 rings (SSSR count). The third kappa shape index (κ3) is 28.4. The second kappa shape index (κ2) is 32.4. The Morgan fingerprint density at radius 1 is 0.575 bits per heavy atom. The highest BCUT2D eigenvalue weighted by Gasteiger charge is 2.17. The molecule has 4 nitrogen and oxygen atoms in total. The van der Waals surface area contributed by atoms with E-state index in [1.54, 1.807) is 6.08 Å². The van der Waals surface area contributed by atoms with Crippen LogP contribution < -0.4 is 5.32 Å². The molecule has 1 amide bonds. The first-order valence-corrected chi connectivity index (χ1v) is 17.6. The van der Waals surface area contributed by atoms with Crippen LogP contribution in [0.1, 0.15) is 181 Å². The molecule has 0 unspecified atom stereocenters. The van der Waals surface area contributed by atoms with Crippen molar-refractivity contribution >= 4 is 5.91 Å².